The molecule has 0 heterocycles. The molecule has 1 unspecified atom stereocenters. The van der Waals surface area contributed by atoms with Gasteiger partial charge < -0.3 is 0 Å². The molecular weight excluding hydrogens is 148 g/mol. The molecule has 0 radical (unpaired) electrons. The molecular formula is C11H14O. The lowest BCUT2D eigenvalue weighted by atomic mass is 9.80. The van der Waals surface area contributed by atoms with Gasteiger partial charge in [-0.25, -0.2) is 0 Å². The first-order valence-corrected chi connectivity index (χ1v) is 4.67. The van der Waals surface area contributed by atoms with Crippen LogP contribution < -0.4 is 0 Å². The van der Waals surface area contributed by atoms with Crippen molar-refractivity contribution in [1.29, 1.82) is 0 Å². The van der Waals surface area contributed by atoms with Gasteiger partial charge in [0.15, 0.2) is 0 Å². The maximum Gasteiger partial charge on any atom is 0.140 e. The molecule has 2 rings (SSSR count). The summed E-state index contributed by atoms with van der Waals surface area (Å²) >= 11 is 0. The zero-order valence-corrected chi connectivity index (χ0v) is 7.47. The summed E-state index contributed by atoms with van der Waals surface area (Å²) in [6.45, 7) is 2.05. The van der Waals surface area contributed by atoms with Crippen LogP contribution in [0, 0.1) is 5.92 Å². The van der Waals surface area contributed by atoms with Gasteiger partial charge in [0, 0.05) is 12.3 Å². The molecule has 2 aliphatic rings. The van der Waals surface area contributed by atoms with Crippen LogP contribution in [-0.2, 0) is 4.79 Å². The maximum absolute atomic E-state index is 11.4. The van der Waals surface area contributed by atoms with Gasteiger partial charge in [-0.2, -0.15) is 0 Å². The lowest BCUT2D eigenvalue weighted by molar-refractivity contribution is -0.122. The largest absolute Gasteiger partial charge is 0.299 e. The van der Waals surface area contributed by atoms with E-state index in [2.05, 4.69) is 12.2 Å². The smallest absolute Gasteiger partial charge is 0.140 e. The van der Waals surface area contributed by atoms with Crippen molar-refractivity contribution in [3.05, 3.63) is 23.3 Å². The van der Waals surface area contributed by atoms with E-state index in [-0.39, 0.29) is 5.92 Å². The Balaban J connectivity index is 2.27. The Hall–Kier alpha value is -0.850. The van der Waals surface area contributed by atoms with Gasteiger partial charge in [-0.3, -0.25) is 4.79 Å². The molecule has 0 amide bonds. The fourth-order valence-electron chi connectivity index (χ4n) is 2.02. The third-order valence-corrected chi connectivity index (χ3v) is 2.85. The number of allylic oxidation sites excluding steroid dienone is 4. The highest BCUT2D eigenvalue weighted by Gasteiger charge is 2.24. The van der Waals surface area contributed by atoms with Crippen molar-refractivity contribution in [1.82, 2.24) is 0 Å². The standard InChI is InChI=1S/C11H14O/c1-8-6-9-4-2-3-5-10(9)7-11(8)12/h3,5,8H,2,4,6-7H2,1H3. The van der Waals surface area contributed by atoms with E-state index in [1.165, 1.54) is 24.0 Å². The van der Waals surface area contributed by atoms with Crippen LogP contribution in [0.5, 0.6) is 0 Å². The van der Waals surface area contributed by atoms with Gasteiger partial charge in [0.25, 0.3) is 0 Å². The number of carbonyl (C=O) groups excluding carboxylic acids is 1. The average Bonchev–Trinajstić information content (AvgIpc) is 2.07. The number of Topliss-reactive ketones (excluding diaryl/α,β-unsaturated/α-hetero) is 1. The van der Waals surface area contributed by atoms with Crippen molar-refractivity contribution >= 4 is 5.78 Å². The van der Waals surface area contributed by atoms with E-state index in [4.69, 9.17) is 0 Å². The second kappa shape index (κ2) is 2.89. The number of ketones is 1. The van der Waals surface area contributed by atoms with Crippen LogP contribution in [0.15, 0.2) is 23.3 Å². The maximum atomic E-state index is 11.4. The predicted octanol–water partition coefficient (Wildman–Crippen LogP) is 2.63. The van der Waals surface area contributed by atoms with Crippen molar-refractivity contribution in [2.24, 2.45) is 5.92 Å². The second-order valence-electron chi connectivity index (χ2n) is 3.82. The van der Waals surface area contributed by atoms with Gasteiger partial charge in [-0.1, -0.05) is 24.6 Å². The van der Waals surface area contributed by atoms with Gasteiger partial charge in [0.1, 0.15) is 5.78 Å². The highest BCUT2D eigenvalue weighted by Crippen LogP contribution is 2.32. The molecule has 12 heavy (non-hydrogen) atoms. The van der Waals surface area contributed by atoms with Crippen LogP contribution in [0.4, 0.5) is 0 Å². The Morgan fingerprint density at radius 2 is 2.33 bits per heavy atom. The lowest BCUT2D eigenvalue weighted by Crippen LogP contribution is -2.19. The topological polar surface area (TPSA) is 17.1 Å². The molecule has 1 atom stereocenters. The molecule has 0 N–H and O–H groups in total. The number of hydrogen-bond donors (Lipinski definition) is 0. The Morgan fingerprint density at radius 3 is 3.17 bits per heavy atom. The third-order valence-electron chi connectivity index (χ3n) is 2.85. The number of carbonyl (C=O) groups is 1. The van der Waals surface area contributed by atoms with Crippen LogP contribution in [0.2, 0.25) is 0 Å². The molecule has 0 fully saturated rings. The molecule has 0 saturated carbocycles. The quantitative estimate of drug-likeness (QED) is 0.535. The fourth-order valence-corrected chi connectivity index (χ4v) is 2.02. The van der Waals surface area contributed by atoms with Crippen molar-refractivity contribution < 1.29 is 4.79 Å². The molecule has 0 aromatic rings. The summed E-state index contributed by atoms with van der Waals surface area (Å²) in [7, 11) is 0. The molecule has 0 aromatic heterocycles. The zero-order chi connectivity index (χ0) is 8.55. The molecule has 2 aliphatic carbocycles. The number of rotatable bonds is 0. The number of hydrogen-bond acceptors (Lipinski definition) is 1. The van der Waals surface area contributed by atoms with Crippen LogP contribution in [0.1, 0.15) is 32.6 Å². The van der Waals surface area contributed by atoms with Crippen LogP contribution in [-0.4, -0.2) is 5.78 Å². The molecule has 0 saturated heterocycles. The summed E-state index contributed by atoms with van der Waals surface area (Å²) in [5, 5.41) is 0. The molecule has 0 bridgehead atoms. The van der Waals surface area contributed by atoms with E-state index < -0.39 is 0 Å². The van der Waals surface area contributed by atoms with Gasteiger partial charge in [0.05, 0.1) is 0 Å². The summed E-state index contributed by atoms with van der Waals surface area (Å²) in [6, 6.07) is 0. The third kappa shape index (κ3) is 1.24. The SMILES string of the molecule is CC1CC2=C(C=CCC2)CC1=O. The van der Waals surface area contributed by atoms with E-state index in [9.17, 15) is 4.79 Å². The molecule has 1 heteroatoms. The monoisotopic (exact) mass is 162 g/mol. The van der Waals surface area contributed by atoms with Gasteiger partial charge >= 0.3 is 0 Å². The lowest BCUT2D eigenvalue weighted by Gasteiger charge is -2.24. The van der Waals surface area contributed by atoms with Gasteiger partial charge in [-0.15, -0.1) is 0 Å². The van der Waals surface area contributed by atoms with Crippen molar-refractivity contribution in [3.63, 3.8) is 0 Å². The summed E-state index contributed by atoms with van der Waals surface area (Å²) in [5.74, 6) is 0.690. The Morgan fingerprint density at radius 1 is 1.50 bits per heavy atom. The van der Waals surface area contributed by atoms with Crippen LogP contribution >= 0.6 is 0 Å². The summed E-state index contributed by atoms with van der Waals surface area (Å²) < 4.78 is 0. The van der Waals surface area contributed by atoms with Crippen molar-refractivity contribution in [3.8, 4) is 0 Å². The molecule has 0 spiro atoms. The predicted molar refractivity (Wildman–Crippen MR) is 48.8 cm³/mol. The van der Waals surface area contributed by atoms with E-state index in [0.717, 1.165) is 6.42 Å². The van der Waals surface area contributed by atoms with E-state index in [1.807, 2.05) is 6.92 Å². The first-order chi connectivity index (χ1) is 5.77. The first kappa shape index (κ1) is 7.78. The Labute approximate surface area is 73.2 Å². The van der Waals surface area contributed by atoms with Crippen molar-refractivity contribution in [2.45, 2.75) is 32.6 Å². The second-order valence-corrected chi connectivity index (χ2v) is 3.82. The minimum Gasteiger partial charge on any atom is -0.299 e. The summed E-state index contributed by atoms with van der Waals surface area (Å²) in [5.41, 5.74) is 2.84. The summed E-state index contributed by atoms with van der Waals surface area (Å²) in [6.07, 6.45) is 8.37. The molecule has 0 aliphatic heterocycles. The minimum atomic E-state index is 0.273. The van der Waals surface area contributed by atoms with Crippen LogP contribution in [0.25, 0.3) is 0 Å². The van der Waals surface area contributed by atoms with Gasteiger partial charge in [0.2, 0.25) is 0 Å². The van der Waals surface area contributed by atoms with E-state index in [0.29, 0.717) is 12.2 Å². The Kier molecular flexibility index (Phi) is 1.87. The fraction of sp³-hybridized carbons (Fsp3) is 0.545. The van der Waals surface area contributed by atoms with Crippen LogP contribution in [0.3, 0.4) is 0 Å². The minimum absolute atomic E-state index is 0.273. The Bertz CT molecular complexity index is 271. The molecule has 64 valence electrons. The molecule has 1 nitrogen and oxygen atoms in total. The van der Waals surface area contributed by atoms with E-state index >= 15 is 0 Å². The summed E-state index contributed by atoms with van der Waals surface area (Å²) in [4.78, 5) is 11.4. The normalized spacial score (nSPS) is 29.1. The van der Waals surface area contributed by atoms with Crippen molar-refractivity contribution in [2.75, 3.05) is 0 Å². The highest BCUT2D eigenvalue weighted by molar-refractivity contribution is 5.85. The first-order valence-electron chi connectivity index (χ1n) is 4.67. The van der Waals surface area contributed by atoms with E-state index in [1.54, 1.807) is 0 Å². The zero-order valence-electron chi connectivity index (χ0n) is 7.47. The highest BCUT2D eigenvalue weighted by atomic mass is 16.1. The molecule has 0 aromatic carbocycles. The van der Waals surface area contributed by atoms with Gasteiger partial charge in [-0.05, 0) is 24.8 Å². The average molecular weight is 162 g/mol.